The fraction of sp³-hybridized carbons (Fsp3) is 0.235. The molecule has 1 saturated carbocycles. The summed E-state index contributed by atoms with van der Waals surface area (Å²) in [5.41, 5.74) is 8.87. The molecule has 4 N–H and O–H groups in total. The molecule has 0 radical (unpaired) electrons. The number of rotatable bonds is 6. The number of nitrogens with two attached hydrogens (primary N) is 1. The number of hydrogen-bond acceptors (Lipinski definition) is 7. The molecule has 11 heteroatoms. The van der Waals surface area contributed by atoms with E-state index in [9.17, 15) is 13.6 Å². The number of nitriles is 1. The van der Waals surface area contributed by atoms with Crippen LogP contribution in [0.15, 0.2) is 35.6 Å². The van der Waals surface area contributed by atoms with Crippen LogP contribution in [0.1, 0.15) is 34.0 Å². The van der Waals surface area contributed by atoms with Gasteiger partial charge in [-0.2, -0.15) is 9.65 Å². The molecule has 0 unspecified atom stereocenters. The number of hydroxylamine groups is 1. The van der Waals surface area contributed by atoms with Crippen LogP contribution in [0.5, 0.6) is 0 Å². The van der Waals surface area contributed by atoms with Crippen molar-refractivity contribution < 1.29 is 18.4 Å². The summed E-state index contributed by atoms with van der Waals surface area (Å²) >= 11 is 0. The van der Waals surface area contributed by atoms with E-state index in [1.807, 2.05) is 6.07 Å². The van der Waals surface area contributed by atoms with Gasteiger partial charge in [0, 0.05) is 17.7 Å². The van der Waals surface area contributed by atoms with Crippen LogP contribution < -0.4 is 16.5 Å². The van der Waals surface area contributed by atoms with Crippen LogP contribution >= 0.6 is 0 Å². The number of aromatic nitrogens is 2. The van der Waals surface area contributed by atoms with E-state index in [4.69, 9.17) is 15.8 Å². The molecule has 144 valence electrons. The zero-order valence-corrected chi connectivity index (χ0v) is 14.4. The highest BCUT2D eigenvalue weighted by atomic mass is 19.1. The lowest BCUT2D eigenvalue weighted by Crippen LogP contribution is -2.28. The fourth-order valence-electron chi connectivity index (χ4n) is 2.48. The van der Waals surface area contributed by atoms with Gasteiger partial charge in [0.25, 0.3) is 5.91 Å². The van der Waals surface area contributed by atoms with Gasteiger partial charge < -0.3 is 15.9 Å². The molecule has 2 heterocycles. The van der Waals surface area contributed by atoms with Crippen molar-refractivity contribution >= 4 is 17.6 Å². The van der Waals surface area contributed by atoms with Gasteiger partial charge in [-0.3, -0.25) is 4.79 Å². The number of pyridine rings is 2. The number of amides is 1. The van der Waals surface area contributed by atoms with Gasteiger partial charge in [-0.15, -0.1) is 5.48 Å². The summed E-state index contributed by atoms with van der Waals surface area (Å²) in [4.78, 5) is 27.9. The standard InChI is InChI=1S/C17H15F2N7O2/c18-8-24-17(21)28-26-14-4-11(14)12-3-10(7-23-15(12)19)25-16(27)13-2-1-9(5-20)6-22-13/h1-3,6-7,11,14,26H,4,8H2,(H2,21,24)(H,25,27)/t11-,14-/m1/s1. The smallest absolute Gasteiger partial charge is 0.304 e. The van der Waals surface area contributed by atoms with Gasteiger partial charge in [0.15, 0.2) is 6.80 Å². The van der Waals surface area contributed by atoms with Crippen molar-refractivity contribution in [3.05, 3.63) is 53.4 Å². The van der Waals surface area contributed by atoms with Crippen LogP contribution in [0.3, 0.4) is 0 Å². The number of nitrogens with zero attached hydrogens (tertiary/aromatic N) is 4. The number of halogens is 2. The molecule has 2 aromatic heterocycles. The predicted octanol–water partition coefficient (Wildman–Crippen LogP) is 1.36. The molecule has 3 rings (SSSR count). The van der Waals surface area contributed by atoms with Crippen molar-refractivity contribution in [1.82, 2.24) is 15.4 Å². The molecule has 2 atom stereocenters. The second kappa shape index (κ2) is 8.36. The Bertz CT molecular complexity index is 944. The minimum atomic E-state index is -1.00. The average Bonchev–Trinajstić information content (AvgIpc) is 3.47. The molecule has 0 aromatic carbocycles. The number of amidine groups is 1. The third kappa shape index (κ3) is 4.54. The summed E-state index contributed by atoms with van der Waals surface area (Å²) in [5.74, 6) is -1.45. The highest BCUT2D eigenvalue weighted by Gasteiger charge is 2.41. The van der Waals surface area contributed by atoms with Crippen molar-refractivity contribution in [2.45, 2.75) is 18.4 Å². The Morgan fingerprint density at radius 2 is 2.25 bits per heavy atom. The highest BCUT2D eigenvalue weighted by molar-refractivity contribution is 6.02. The van der Waals surface area contributed by atoms with Crippen LogP contribution in [0, 0.1) is 17.3 Å². The molecule has 0 saturated heterocycles. The average molecular weight is 387 g/mol. The van der Waals surface area contributed by atoms with Crippen LogP contribution in [-0.4, -0.2) is 34.7 Å². The second-order valence-electron chi connectivity index (χ2n) is 5.89. The summed E-state index contributed by atoms with van der Waals surface area (Å²) in [5, 5.41) is 11.3. The lowest BCUT2D eigenvalue weighted by Gasteiger charge is -2.08. The van der Waals surface area contributed by atoms with Crippen molar-refractivity contribution in [1.29, 1.82) is 5.26 Å². The van der Waals surface area contributed by atoms with E-state index in [1.165, 1.54) is 30.6 Å². The van der Waals surface area contributed by atoms with Gasteiger partial charge in [-0.05, 0) is 24.6 Å². The Morgan fingerprint density at radius 3 is 2.93 bits per heavy atom. The van der Waals surface area contributed by atoms with Gasteiger partial charge >= 0.3 is 6.02 Å². The maximum Gasteiger partial charge on any atom is 0.304 e. The van der Waals surface area contributed by atoms with Gasteiger partial charge in [0.2, 0.25) is 5.95 Å². The number of carbonyl (C=O) groups excluding carboxylic acids is 1. The highest BCUT2D eigenvalue weighted by Crippen LogP contribution is 2.42. The lowest BCUT2D eigenvalue weighted by atomic mass is 10.1. The number of anilines is 1. The Hall–Kier alpha value is -3.65. The van der Waals surface area contributed by atoms with Crippen molar-refractivity contribution in [2.24, 2.45) is 10.7 Å². The number of nitrogens with one attached hydrogen (secondary N) is 2. The lowest BCUT2D eigenvalue weighted by molar-refractivity contribution is 0.102. The molecular weight excluding hydrogens is 372 g/mol. The first-order valence-corrected chi connectivity index (χ1v) is 8.13. The Balaban J connectivity index is 1.64. The van der Waals surface area contributed by atoms with Crippen molar-refractivity contribution in [3.8, 4) is 6.07 Å². The molecule has 1 fully saturated rings. The molecule has 1 amide bonds. The van der Waals surface area contributed by atoms with E-state index in [-0.39, 0.29) is 34.9 Å². The van der Waals surface area contributed by atoms with Crippen LogP contribution in [0.2, 0.25) is 0 Å². The molecule has 0 spiro atoms. The molecule has 0 aliphatic heterocycles. The first kappa shape index (κ1) is 19.1. The quantitative estimate of drug-likeness (QED) is 0.224. The molecule has 28 heavy (non-hydrogen) atoms. The topological polar surface area (TPSA) is 138 Å². The second-order valence-corrected chi connectivity index (χ2v) is 5.89. The number of hydrogen-bond donors (Lipinski definition) is 3. The largest absolute Gasteiger partial charge is 0.371 e. The summed E-state index contributed by atoms with van der Waals surface area (Å²) in [6.07, 6.45) is 3.01. The Labute approximate surface area is 158 Å². The summed E-state index contributed by atoms with van der Waals surface area (Å²) in [6.45, 7) is -1.00. The molecule has 1 aliphatic rings. The Morgan fingerprint density at radius 1 is 1.43 bits per heavy atom. The summed E-state index contributed by atoms with van der Waals surface area (Å²) in [7, 11) is 0. The number of alkyl halides is 1. The zero-order valence-electron chi connectivity index (χ0n) is 14.4. The molecule has 9 nitrogen and oxygen atoms in total. The predicted molar refractivity (Wildman–Crippen MR) is 94.1 cm³/mol. The number of carbonyl (C=O) groups is 1. The van der Waals surface area contributed by atoms with E-state index in [1.54, 1.807) is 0 Å². The van der Waals surface area contributed by atoms with E-state index in [2.05, 4.69) is 25.8 Å². The minimum Gasteiger partial charge on any atom is -0.371 e. The third-order valence-electron chi connectivity index (χ3n) is 3.97. The van der Waals surface area contributed by atoms with Gasteiger partial charge in [-0.1, -0.05) is 0 Å². The van der Waals surface area contributed by atoms with Crippen molar-refractivity contribution in [2.75, 3.05) is 12.1 Å². The molecule has 1 aliphatic carbocycles. The van der Waals surface area contributed by atoms with E-state index in [0.29, 0.717) is 12.0 Å². The molecule has 0 bridgehead atoms. The molecular formula is C17H15F2N7O2. The van der Waals surface area contributed by atoms with Crippen LogP contribution in [-0.2, 0) is 4.84 Å². The minimum absolute atomic E-state index is 0.104. The fourth-order valence-corrected chi connectivity index (χ4v) is 2.48. The van der Waals surface area contributed by atoms with Crippen molar-refractivity contribution in [3.63, 3.8) is 0 Å². The monoisotopic (exact) mass is 387 g/mol. The van der Waals surface area contributed by atoms with Gasteiger partial charge in [-0.25, -0.2) is 19.4 Å². The van der Waals surface area contributed by atoms with Gasteiger partial charge in [0.05, 0.1) is 23.5 Å². The zero-order chi connectivity index (χ0) is 20.1. The molecule has 2 aromatic rings. The normalized spacial score (nSPS) is 18.2. The van der Waals surface area contributed by atoms with Gasteiger partial charge in [0.1, 0.15) is 11.8 Å². The van der Waals surface area contributed by atoms with Crippen LogP contribution in [0.4, 0.5) is 14.5 Å². The Kier molecular flexibility index (Phi) is 5.71. The summed E-state index contributed by atoms with van der Waals surface area (Å²) in [6, 6.07) is 5.64. The van der Waals surface area contributed by atoms with Crippen LogP contribution in [0.25, 0.3) is 0 Å². The van der Waals surface area contributed by atoms with E-state index in [0.717, 1.165) is 0 Å². The summed E-state index contributed by atoms with van der Waals surface area (Å²) < 4.78 is 26.1. The first-order valence-electron chi connectivity index (χ1n) is 8.13. The first-order chi connectivity index (χ1) is 13.5. The third-order valence-corrected chi connectivity index (χ3v) is 3.97. The SMILES string of the molecule is N#Cc1ccc(C(=O)Nc2cnc(F)c([C@H]3C[C@H]3NO/C(N)=N\CF)c2)nc1. The maximum atomic E-state index is 14.1. The van der Waals surface area contributed by atoms with E-state index >= 15 is 0 Å². The van der Waals surface area contributed by atoms with E-state index < -0.39 is 18.7 Å². The maximum absolute atomic E-state index is 14.1. The number of aliphatic imine (C=N–C) groups is 1.